The molecule has 0 aliphatic carbocycles. The Morgan fingerprint density at radius 3 is 2.51 bits per heavy atom. The van der Waals surface area contributed by atoms with Crippen molar-refractivity contribution in [2.24, 2.45) is 0 Å². The van der Waals surface area contributed by atoms with Crippen molar-refractivity contribution in [3.8, 4) is 26.9 Å². The zero-order valence-electron chi connectivity index (χ0n) is 19.8. The highest BCUT2D eigenvalue weighted by Gasteiger charge is 2.28. The molecule has 5 N–H and O–H groups in total. The van der Waals surface area contributed by atoms with E-state index < -0.39 is 38.5 Å². The van der Waals surface area contributed by atoms with Crippen molar-refractivity contribution >= 4 is 42.7 Å². The molecule has 37 heavy (non-hydrogen) atoms. The second-order valence-electron chi connectivity index (χ2n) is 8.07. The molecule has 1 aromatic carbocycles. The number of ether oxygens (including phenoxy) is 1. The van der Waals surface area contributed by atoms with Crippen LogP contribution in [0.1, 0.15) is 20.8 Å². The van der Waals surface area contributed by atoms with E-state index in [1.807, 2.05) is 31.3 Å². The lowest BCUT2D eigenvalue weighted by molar-refractivity contribution is 0.0895. The van der Waals surface area contributed by atoms with Gasteiger partial charge in [0, 0.05) is 29.4 Å². The average molecular weight is 576 g/mol. The minimum Gasteiger partial charge on any atom is -0.488 e. The zero-order chi connectivity index (χ0) is 27.3. The van der Waals surface area contributed by atoms with Gasteiger partial charge in [0.1, 0.15) is 22.4 Å². The molecule has 0 saturated heterocycles. The van der Waals surface area contributed by atoms with Crippen LogP contribution >= 0.6 is 30.8 Å². The lowest BCUT2D eigenvalue weighted by Crippen LogP contribution is -2.46. The van der Waals surface area contributed by atoms with E-state index >= 15 is 0 Å². The Morgan fingerprint density at radius 1 is 1.22 bits per heavy atom. The number of amides is 1. The molecule has 0 spiro atoms. The van der Waals surface area contributed by atoms with Gasteiger partial charge < -0.3 is 30.3 Å². The summed E-state index contributed by atoms with van der Waals surface area (Å²) < 4.78 is 35.8. The van der Waals surface area contributed by atoms with Gasteiger partial charge in [-0.05, 0) is 39.0 Å². The molecule has 0 aliphatic rings. The Morgan fingerprint density at radius 2 is 1.92 bits per heavy atom. The second-order valence-corrected chi connectivity index (χ2v) is 10.7. The standard InChI is InChI=1S/C21H24ClFN5O7PS/c1-10(2)25-18-5-4-12(8-24-18)19-27-28-20(37-19)13-6-15(23)17(7-14(13)22)34-9-16(26-21(29)30)11(3)35-36(31,32)33/h4-8,10-11,16,26H,9H2,1-3H3,(H,24,25)(H,29,30)(H2,31,32,33)/t11-,16+/m1/s1. The summed E-state index contributed by atoms with van der Waals surface area (Å²) in [5, 5.41) is 23.4. The topological polar surface area (TPSA) is 176 Å². The summed E-state index contributed by atoms with van der Waals surface area (Å²) >= 11 is 7.53. The molecule has 12 nitrogen and oxygen atoms in total. The van der Waals surface area contributed by atoms with Gasteiger partial charge in [0.2, 0.25) is 0 Å². The molecule has 1 amide bonds. The first-order chi connectivity index (χ1) is 17.3. The van der Waals surface area contributed by atoms with E-state index in [4.69, 9.17) is 31.2 Å². The van der Waals surface area contributed by atoms with Gasteiger partial charge in [-0.2, -0.15) is 0 Å². The number of hydrogen-bond donors (Lipinski definition) is 5. The first-order valence-electron chi connectivity index (χ1n) is 10.7. The van der Waals surface area contributed by atoms with E-state index in [-0.39, 0.29) is 22.4 Å². The Labute approximate surface area is 220 Å². The summed E-state index contributed by atoms with van der Waals surface area (Å²) in [5.74, 6) is -0.413. The predicted molar refractivity (Wildman–Crippen MR) is 135 cm³/mol. The van der Waals surface area contributed by atoms with E-state index in [9.17, 15) is 13.8 Å². The number of carboxylic acid groups (broad SMARTS) is 1. The highest BCUT2D eigenvalue weighted by Crippen LogP contribution is 2.39. The lowest BCUT2D eigenvalue weighted by atomic mass is 10.2. The molecule has 2 atom stereocenters. The summed E-state index contributed by atoms with van der Waals surface area (Å²) in [4.78, 5) is 33.3. The van der Waals surface area contributed by atoms with Gasteiger partial charge in [-0.25, -0.2) is 18.7 Å². The fourth-order valence-corrected chi connectivity index (χ4v) is 4.82. The van der Waals surface area contributed by atoms with Crippen LogP contribution in [-0.2, 0) is 9.09 Å². The first-order valence-corrected chi connectivity index (χ1v) is 13.5. The van der Waals surface area contributed by atoms with Crippen LogP contribution in [0.15, 0.2) is 30.5 Å². The van der Waals surface area contributed by atoms with Crippen LogP contribution in [0.3, 0.4) is 0 Å². The normalized spacial score (nSPS) is 13.3. The Hall–Kier alpha value is -2.87. The molecule has 2 heterocycles. The van der Waals surface area contributed by atoms with Crippen molar-refractivity contribution in [2.45, 2.75) is 39.0 Å². The third-order valence-corrected chi connectivity index (χ3v) is 6.65. The quantitative estimate of drug-likeness (QED) is 0.205. The zero-order valence-corrected chi connectivity index (χ0v) is 22.2. The third kappa shape index (κ3) is 8.32. The number of phosphoric ester groups is 1. The van der Waals surface area contributed by atoms with Gasteiger partial charge in [-0.1, -0.05) is 22.9 Å². The SMILES string of the molecule is CC(C)Nc1ccc(-c2nnc(-c3cc(F)c(OC[C@H](NC(=O)O)[C@@H](C)OP(=O)(O)O)cc3Cl)s2)cn1. The minimum atomic E-state index is -4.90. The predicted octanol–water partition coefficient (Wildman–Crippen LogP) is 4.39. The smallest absolute Gasteiger partial charge is 0.469 e. The number of benzene rings is 1. The highest BCUT2D eigenvalue weighted by atomic mass is 35.5. The molecule has 0 unspecified atom stereocenters. The maximum Gasteiger partial charge on any atom is 0.469 e. The Balaban J connectivity index is 1.76. The molecule has 2 aromatic heterocycles. The van der Waals surface area contributed by atoms with Gasteiger partial charge in [0.05, 0.1) is 17.2 Å². The minimum absolute atomic E-state index is 0.0935. The fourth-order valence-electron chi connectivity index (χ4n) is 3.08. The molecule has 16 heteroatoms. The fraction of sp³-hybridized carbons (Fsp3) is 0.333. The summed E-state index contributed by atoms with van der Waals surface area (Å²) in [5.41, 5.74) is 0.984. The van der Waals surface area contributed by atoms with Crippen molar-refractivity contribution in [3.63, 3.8) is 0 Å². The van der Waals surface area contributed by atoms with E-state index in [0.717, 1.165) is 11.6 Å². The highest BCUT2D eigenvalue weighted by molar-refractivity contribution is 7.46. The molecule has 0 aliphatic heterocycles. The second kappa shape index (κ2) is 12.1. The van der Waals surface area contributed by atoms with Gasteiger partial charge >= 0.3 is 13.9 Å². The number of anilines is 1. The van der Waals surface area contributed by atoms with Crippen LogP contribution < -0.4 is 15.4 Å². The molecule has 0 bridgehead atoms. The number of carbonyl (C=O) groups is 1. The van der Waals surface area contributed by atoms with E-state index in [1.54, 1.807) is 6.20 Å². The largest absolute Gasteiger partial charge is 0.488 e. The van der Waals surface area contributed by atoms with Crippen LogP contribution in [0.4, 0.5) is 15.0 Å². The number of pyridine rings is 1. The van der Waals surface area contributed by atoms with Crippen molar-refractivity contribution in [1.82, 2.24) is 20.5 Å². The lowest BCUT2D eigenvalue weighted by Gasteiger charge is -2.24. The molecule has 0 saturated carbocycles. The van der Waals surface area contributed by atoms with E-state index in [0.29, 0.717) is 15.8 Å². The number of nitrogens with zero attached hydrogens (tertiary/aromatic N) is 3. The number of nitrogens with one attached hydrogen (secondary N) is 2. The van der Waals surface area contributed by atoms with E-state index in [2.05, 4.69) is 25.0 Å². The summed E-state index contributed by atoms with van der Waals surface area (Å²) in [6.07, 6.45) is -1.14. The molecule has 0 fully saturated rings. The number of phosphoric acid groups is 1. The van der Waals surface area contributed by atoms with Gasteiger partial charge in [0.25, 0.3) is 0 Å². The number of halogens is 2. The van der Waals surface area contributed by atoms with Crippen molar-refractivity contribution in [2.75, 3.05) is 11.9 Å². The maximum atomic E-state index is 14.8. The van der Waals surface area contributed by atoms with Crippen molar-refractivity contribution in [1.29, 1.82) is 0 Å². The van der Waals surface area contributed by atoms with Crippen LogP contribution in [0.2, 0.25) is 5.02 Å². The van der Waals surface area contributed by atoms with Crippen LogP contribution in [-0.4, -0.2) is 61.0 Å². The molecule has 0 radical (unpaired) electrons. The Bertz CT molecular complexity index is 1290. The summed E-state index contributed by atoms with van der Waals surface area (Å²) in [6, 6.07) is 4.93. The number of aromatic nitrogens is 3. The van der Waals surface area contributed by atoms with Crippen LogP contribution in [0.25, 0.3) is 21.1 Å². The van der Waals surface area contributed by atoms with Gasteiger partial charge in [0.15, 0.2) is 11.6 Å². The molecular formula is C21H24ClFN5O7PS. The molecule has 200 valence electrons. The van der Waals surface area contributed by atoms with Gasteiger partial charge in [-0.3, -0.25) is 4.52 Å². The number of rotatable bonds is 11. The molecular weight excluding hydrogens is 552 g/mol. The molecule has 3 aromatic rings. The monoisotopic (exact) mass is 575 g/mol. The summed E-state index contributed by atoms with van der Waals surface area (Å²) in [6.45, 7) is 4.72. The third-order valence-electron chi connectivity index (χ3n) is 4.72. The van der Waals surface area contributed by atoms with Gasteiger partial charge in [-0.15, -0.1) is 10.2 Å². The molecule has 3 rings (SSSR count). The van der Waals surface area contributed by atoms with E-state index in [1.165, 1.54) is 24.3 Å². The average Bonchev–Trinajstić information content (AvgIpc) is 3.27. The number of hydrogen-bond acceptors (Lipinski definition) is 9. The van der Waals surface area contributed by atoms with Crippen LogP contribution in [0, 0.1) is 5.82 Å². The van der Waals surface area contributed by atoms with Crippen molar-refractivity contribution in [3.05, 3.63) is 41.3 Å². The van der Waals surface area contributed by atoms with Crippen molar-refractivity contribution < 1.29 is 37.9 Å². The Kier molecular flexibility index (Phi) is 9.40. The van der Waals surface area contributed by atoms with Crippen LogP contribution in [0.5, 0.6) is 5.75 Å². The maximum absolute atomic E-state index is 14.8. The summed E-state index contributed by atoms with van der Waals surface area (Å²) in [7, 11) is -4.90. The first kappa shape index (κ1) is 28.7.